The highest BCUT2D eigenvalue weighted by atomic mass is 79.9. The van der Waals surface area contributed by atoms with Crippen molar-refractivity contribution in [3.05, 3.63) is 347 Å². The fourth-order valence-corrected chi connectivity index (χ4v) is 11.7. The minimum Gasteiger partial charge on any atom is -0.255 e. The molecule has 0 unspecified atom stereocenters. The molecule has 0 aliphatic carbocycles. The monoisotopic (exact) mass is 1380 g/mol. The molecule has 0 aliphatic heterocycles. The molecule has 450 valence electrons. The van der Waals surface area contributed by atoms with E-state index in [1.165, 1.54) is 22.3 Å². The zero-order chi connectivity index (χ0) is 64.0. The van der Waals surface area contributed by atoms with Crippen LogP contribution in [0.15, 0.2) is 337 Å². The molecule has 0 fully saturated rings. The second-order valence-electron chi connectivity index (χ2n) is 21.6. The van der Waals surface area contributed by atoms with Crippen LogP contribution in [0.1, 0.15) is 0 Å². The Morgan fingerprint density at radius 3 is 1.01 bits per heavy atom. The molecule has 16 rings (SSSR count). The van der Waals surface area contributed by atoms with Crippen LogP contribution in [-0.2, 0) is 0 Å². The Kier molecular flexibility index (Phi) is 19.6. The van der Waals surface area contributed by atoms with Crippen molar-refractivity contribution in [2.75, 3.05) is 0 Å². The fourth-order valence-electron chi connectivity index (χ4n) is 10.8. The summed E-state index contributed by atoms with van der Waals surface area (Å²) in [6.45, 7) is 0. The van der Waals surface area contributed by atoms with E-state index in [-0.39, 0.29) is 10.6 Å². The molecule has 12 heteroatoms. The number of rotatable bonds is 9. The highest BCUT2D eigenvalue weighted by molar-refractivity contribution is 9.10. The third-order valence-corrected chi connectivity index (χ3v) is 16.8. The van der Waals surface area contributed by atoms with E-state index in [9.17, 15) is 0 Å². The van der Waals surface area contributed by atoms with Gasteiger partial charge in [0.2, 0.25) is 10.6 Å². The first-order valence-electron chi connectivity index (χ1n) is 30.2. The van der Waals surface area contributed by atoms with Crippen LogP contribution in [0.4, 0.5) is 0 Å². The summed E-state index contributed by atoms with van der Waals surface area (Å²) in [4.78, 5) is 36.3. The van der Waals surface area contributed by atoms with Crippen molar-refractivity contribution in [1.29, 1.82) is 0 Å². The fraction of sp³-hybridized carbons (Fsp3) is 0. The van der Waals surface area contributed by atoms with Crippen molar-refractivity contribution in [2.45, 2.75) is 0 Å². The van der Waals surface area contributed by atoms with Crippen LogP contribution < -0.4 is 0 Å². The van der Waals surface area contributed by atoms with Crippen LogP contribution in [0.2, 0.25) is 10.6 Å². The summed E-state index contributed by atoms with van der Waals surface area (Å²) in [7, 11) is 0. The normalized spacial score (nSPS) is 10.8. The number of halogens is 4. The summed E-state index contributed by atoms with van der Waals surface area (Å²) in [5, 5.41) is 3.64. The number of fused-ring (bicyclic) bond motifs is 3. The first-order valence-corrected chi connectivity index (χ1v) is 32.6. The van der Waals surface area contributed by atoms with Crippen LogP contribution in [0.5, 0.6) is 0 Å². The number of hydrogen-bond acceptors (Lipinski definition) is 8. The van der Waals surface area contributed by atoms with E-state index in [0.29, 0.717) is 0 Å². The quantitative estimate of drug-likeness (QED) is 0.132. The standard InChI is InChI=1S/C28H19BrN2.C20H13BrN2.C20H13ClN2.C14H9ClN2/c29-25-15-13-21(14-16-25)20-9-11-22(12-10-20)24-18-27(23-6-2-1-3-7-23)31-28(19-24)26-8-4-5-17-30-26;21-16-12-10-15(11-13-16)20-22-18-9-5-4-8-17(18)19(23-20)14-6-2-1-3-7-14;21-20-22-18-9-5-4-8-17(18)19(23-20)16-12-10-15(11-13-16)14-6-2-1-3-7-14;15-14-16-12-9-5-4-8-11(12)13(17-14)10-6-2-1-3-7-10/h1-19H;2*1-13H;1-9H. The summed E-state index contributed by atoms with van der Waals surface area (Å²) < 4.78 is 2.13. The van der Waals surface area contributed by atoms with Gasteiger partial charge in [0.1, 0.15) is 0 Å². The Labute approximate surface area is 571 Å². The van der Waals surface area contributed by atoms with Crippen molar-refractivity contribution < 1.29 is 0 Å². The van der Waals surface area contributed by atoms with Gasteiger partial charge in [0, 0.05) is 59.1 Å². The van der Waals surface area contributed by atoms with E-state index in [2.05, 4.69) is 184 Å². The smallest absolute Gasteiger partial charge is 0.223 e. The molecule has 5 aromatic heterocycles. The maximum atomic E-state index is 6.08. The van der Waals surface area contributed by atoms with E-state index in [1.807, 2.05) is 194 Å². The lowest BCUT2D eigenvalue weighted by Crippen LogP contribution is -1.94. The Hall–Kier alpha value is -10.7. The molecule has 0 atom stereocenters. The zero-order valence-electron chi connectivity index (χ0n) is 50.3. The third kappa shape index (κ3) is 15.1. The van der Waals surface area contributed by atoms with E-state index in [0.717, 1.165) is 121 Å². The number of benzene rings is 11. The molecule has 16 aromatic rings. The molecule has 11 aromatic carbocycles. The number of hydrogen-bond donors (Lipinski definition) is 0. The second-order valence-corrected chi connectivity index (χ2v) is 24.1. The Morgan fingerprint density at radius 1 is 0.223 bits per heavy atom. The molecule has 0 spiro atoms. The van der Waals surface area contributed by atoms with Crippen LogP contribution in [0, 0.1) is 0 Å². The molecule has 0 N–H and O–H groups in total. The maximum Gasteiger partial charge on any atom is 0.223 e. The topological polar surface area (TPSA) is 103 Å². The lowest BCUT2D eigenvalue weighted by atomic mass is 9.98. The molecular formula is C82H54Br2Cl2N8. The predicted molar refractivity (Wildman–Crippen MR) is 395 cm³/mol. The van der Waals surface area contributed by atoms with Crippen LogP contribution >= 0.6 is 55.1 Å². The van der Waals surface area contributed by atoms with Gasteiger partial charge in [-0.05, 0) is 123 Å². The van der Waals surface area contributed by atoms with Gasteiger partial charge in [-0.2, -0.15) is 0 Å². The van der Waals surface area contributed by atoms with Gasteiger partial charge in [0.25, 0.3) is 0 Å². The number of pyridine rings is 2. The molecule has 0 aliphatic rings. The highest BCUT2D eigenvalue weighted by Crippen LogP contribution is 2.35. The zero-order valence-corrected chi connectivity index (χ0v) is 55.0. The average Bonchev–Trinajstić information content (AvgIpc) is 0.889. The number of para-hydroxylation sites is 3. The number of aromatic nitrogens is 8. The SMILES string of the molecule is Brc1ccc(-c2ccc(-c3cc(-c4ccccc4)nc(-c4ccccn4)c3)cc2)cc1.Brc1ccc(-c2nc(-c3ccccc3)c3ccccc3n2)cc1.Clc1nc(-c2ccc(-c3ccccc3)cc2)c2ccccc2n1.Clc1nc(-c2ccccc2)c2ccccc2n1. The lowest BCUT2D eigenvalue weighted by molar-refractivity contribution is 1.22. The van der Waals surface area contributed by atoms with Crippen LogP contribution in [0.3, 0.4) is 0 Å². The third-order valence-electron chi connectivity index (χ3n) is 15.4. The van der Waals surface area contributed by atoms with Crippen LogP contribution in [-0.4, -0.2) is 39.9 Å². The predicted octanol–water partition coefficient (Wildman–Crippen LogP) is 23.2. The first-order chi connectivity index (χ1) is 46.2. The maximum absolute atomic E-state index is 6.08. The van der Waals surface area contributed by atoms with Gasteiger partial charge in [-0.25, -0.2) is 34.9 Å². The summed E-state index contributed by atoms with van der Waals surface area (Å²) in [5.41, 5.74) is 20.4. The van der Waals surface area contributed by atoms with Crippen molar-refractivity contribution in [1.82, 2.24) is 39.9 Å². The largest absolute Gasteiger partial charge is 0.255 e. The van der Waals surface area contributed by atoms with Gasteiger partial charge < -0.3 is 0 Å². The molecule has 8 nitrogen and oxygen atoms in total. The molecule has 94 heavy (non-hydrogen) atoms. The van der Waals surface area contributed by atoms with Gasteiger partial charge in [-0.1, -0.05) is 287 Å². The number of nitrogens with zero attached hydrogens (tertiary/aromatic N) is 8. The summed E-state index contributed by atoms with van der Waals surface area (Å²) in [6, 6.07) is 108. The van der Waals surface area contributed by atoms with E-state index in [4.69, 9.17) is 38.2 Å². The molecule has 5 heterocycles. The van der Waals surface area contributed by atoms with E-state index in [1.54, 1.807) is 6.20 Å². The van der Waals surface area contributed by atoms with Crippen LogP contribution in [0.25, 0.3) is 134 Å². The molecule has 0 saturated carbocycles. The molecule has 0 saturated heterocycles. The minimum absolute atomic E-state index is 0.269. The highest BCUT2D eigenvalue weighted by Gasteiger charge is 2.14. The minimum atomic E-state index is 0.269. The van der Waals surface area contributed by atoms with Gasteiger partial charge in [-0.3, -0.25) is 4.98 Å². The van der Waals surface area contributed by atoms with Gasteiger partial charge in [-0.15, -0.1) is 0 Å². The van der Waals surface area contributed by atoms with Gasteiger partial charge in [0.15, 0.2) is 5.82 Å². The Morgan fingerprint density at radius 2 is 0.553 bits per heavy atom. The molecule has 0 radical (unpaired) electrons. The van der Waals surface area contributed by atoms with Crippen molar-refractivity contribution in [2.24, 2.45) is 0 Å². The van der Waals surface area contributed by atoms with Gasteiger partial charge >= 0.3 is 0 Å². The molecular weight excluding hydrogens is 1330 g/mol. The summed E-state index contributed by atoms with van der Waals surface area (Å²) in [5.74, 6) is 0.745. The van der Waals surface area contributed by atoms with Crippen molar-refractivity contribution in [3.8, 4) is 101 Å². The Bertz CT molecular complexity index is 5140. The van der Waals surface area contributed by atoms with E-state index >= 15 is 0 Å². The average molecular weight is 1380 g/mol. The summed E-state index contributed by atoms with van der Waals surface area (Å²) >= 11 is 19.0. The van der Waals surface area contributed by atoms with Crippen molar-refractivity contribution >= 4 is 87.8 Å². The van der Waals surface area contributed by atoms with Gasteiger partial charge in [0.05, 0.1) is 50.7 Å². The molecule has 0 bridgehead atoms. The Balaban J connectivity index is 0.000000116. The summed E-state index contributed by atoms with van der Waals surface area (Å²) in [6.07, 6.45) is 1.80. The van der Waals surface area contributed by atoms with Crippen molar-refractivity contribution in [3.63, 3.8) is 0 Å². The lowest BCUT2D eigenvalue weighted by Gasteiger charge is -2.10. The first kappa shape index (κ1) is 62.1. The second kappa shape index (κ2) is 29.7. The van der Waals surface area contributed by atoms with E-state index < -0.39 is 0 Å². The molecule has 0 amide bonds.